The van der Waals surface area contributed by atoms with Crippen LogP contribution in [0, 0.1) is 0 Å². The van der Waals surface area contributed by atoms with Crippen molar-refractivity contribution < 1.29 is 17.9 Å². The van der Waals surface area contributed by atoms with Crippen molar-refractivity contribution in [2.75, 3.05) is 23.4 Å². The number of nitrogens with one attached hydrogen (secondary N) is 2. The van der Waals surface area contributed by atoms with Crippen LogP contribution >= 0.6 is 0 Å². The molecule has 0 aliphatic carbocycles. The van der Waals surface area contributed by atoms with Gasteiger partial charge in [-0.2, -0.15) is 0 Å². The van der Waals surface area contributed by atoms with Crippen LogP contribution in [0.15, 0.2) is 42.6 Å². The molecule has 0 aliphatic heterocycles. The molecule has 0 radical (unpaired) electrons. The van der Waals surface area contributed by atoms with Crippen LogP contribution in [0.5, 0.6) is 0 Å². The lowest BCUT2D eigenvalue weighted by molar-refractivity contribution is 0.0601. The number of carbonyl (C=O) groups excluding carboxylic acids is 1. The van der Waals surface area contributed by atoms with E-state index >= 15 is 0 Å². The molecule has 2 aromatic rings. The highest BCUT2D eigenvalue weighted by atomic mass is 32.2. The number of benzene rings is 1. The number of esters is 1. The van der Waals surface area contributed by atoms with E-state index in [1.807, 2.05) is 0 Å². The minimum atomic E-state index is -3.34. The third kappa shape index (κ3) is 4.45. The minimum Gasteiger partial charge on any atom is -0.465 e. The number of sulfonamides is 1. The van der Waals surface area contributed by atoms with E-state index in [1.165, 1.54) is 13.3 Å². The van der Waals surface area contributed by atoms with Crippen molar-refractivity contribution in [3.05, 3.63) is 48.2 Å². The molecule has 0 spiro atoms. The smallest absolute Gasteiger partial charge is 0.337 e. The monoisotopic (exact) mass is 321 g/mol. The van der Waals surface area contributed by atoms with Gasteiger partial charge in [-0.15, -0.1) is 0 Å². The average molecular weight is 321 g/mol. The second-order valence-corrected chi connectivity index (χ2v) is 6.25. The Labute approximate surface area is 128 Å². The fourth-order valence-electron chi connectivity index (χ4n) is 1.69. The normalized spacial score (nSPS) is 10.8. The molecule has 0 amide bonds. The quantitative estimate of drug-likeness (QED) is 0.817. The van der Waals surface area contributed by atoms with Crippen molar-refractivity contribution >= 4 is 33.2 Å². The first-order valence-corrected chi connectivity index (χ1v) is 8.16. The molecule has 0 aliphatic rings. The van der Waals surface area contributed by atoms with Gasteiger partial charge in [0.15, 0.2) is 0 Å². The molecule has 2 rings (SSSR count). The van der Waals surface area contributed by atoms with Crippen LogP contribution in [0.2, 0.25) is 0 Å². The zero-order valence-corrected chi connectivity index (χ0v) is 12.8. The summed E-state index contributed by atoms with van der Waals surface area (Å²) < 4.78 is 29.1. The Balaban J connectivity index is 2.06. The molecule has 0 bridgehead atoms. The lowest BCUT2D eigenvalue weighted by atomic mass is 10.2. The second-order valence-electron chi connectivity index (χ2n) is 4.50. The number of ether oxygens (including phenoxy) is 1. The molecule has 0 fully saturated rings. The number of anilines is 3. The van der Waals surface area contributed by atoms with Gasteiger partial charge in [-0.25, -0.2) is 18.2 Å². The first-order valence-electron chi connectivity index (χ1n) is 6.26. The highest BCUT2D eigenvalue weighted by Crippen LogP contribution is 2.18. The van der Waals surface area contributed by atoms with Gasteiger partial charge < -0.3 is 10.1 Å². The van der Waals surface area contributed by atoms with Gasteiger partial charge in [0.2, 0.25) is 10.0 Å². The second kappa shape index (κ2) is 6.44. The van der Waals surface area contributed by atoms with Gasteiger partial charge in [-0.1, -0.05) is 0 Å². The SMILES string of the molecule is COC(=O)c1ccc(Nc2ccc(NS(C)(=O)=O)nc2)cc1. The number of hydrogen-bond donors (Lipinski definition) is 2. The highest BCUT2D eigenvalue weighted by molar-refractivity contribution is 7.92. The zero-order chi connectivity index (χ0) is 16.2. The Morgan fingerprint density at radius 1 is 1.09 bits per heavy atom. The van der Waals surface area contributed by atoms with Gasteiger partial charge in [-0.05, 0) is 36.4 Å². The molecule has 0 saturated heterocycles. The maximum absolute atomic E-state index is 11.3. The predicted octanol–water partition coefficient (Wildman–Crippen LogP) is 1.98. The summed E-state index contributed by atoms with van der Waals surface area (Å²) in [7, 11) is -2.02. The van der Waals surface area contributed by atoms with E-state index < -0.39 is 16.0 Å². The van der Waals surface area contributed by atoms with Crippen LogP contribution in [-0.2, 0) is 14.8 Å². The van der Waals surface area contributed by atoms with Gasteiger partial charge in [0.25, 0.3) is 0 Å². The van der Waals surface area contributed by atoms with Crippen molar-refractivity contribution in [2.24, 2.45) is 0 Å². The molecular formula is C14H15N3O4S. The van der Waals surface area contributed by atoms with Crippen LogP contribution in [0.25, 0.3) is 0 Å². The van der Waals surface area contributed by atoms with Crippen LogP contribution in [0.1, 0.15) is 10.4 Å². The maximum Gasteiger partial charge on any atom is 0.337 e. The van der Waals surface area contributed by atoms with E-state index in [9.17, 15) is 13.2 Å². The first-order chi connectivity index (χ1) is 10.4. The summed E-state index contributed by atoms with van der Waals surface area (Å²) >= 11 is 0. The van der Waals surface area contributed by atoms with Gasteiger partial charge in [0, 0.05) is 5.69 Å². The van der Waals surface area contributed by atoms with E-state index in [1.54, 1.807) is 36.4 Å². The van der Waals surface area contributed by atoms with Gasteiger partial charge in [-0.3, -0.25) is 4.72 Å². The number of pyridine rings is 1. The third-order valence-corrected chi connectivity index (χ3v) is 3.23. The Bertz CT molecular complexity index is 756. The lowest BCUT2D eigenvalue weighted by Gasteiger charge is -2.08. The molecule has 1 aromatic carbocycles. The summed E-state index contributed by atoms with van der Waals surface area (Å²) in [5.74, 6) is -0.154. The maximum atomic E-state index is 11.3. The van der Waals surface area contributed by atoms with E-state index in [-0.39, 0.29) is 5.82 Å². The summed E-state index contributed by atoms with van der Waals surface area (Å²) in [6, 6.07) is 9.98. The van der Waals surface area contributed by atoms with E-state index in [2.05, 4.69) is 19.8 Å². The minimum absolute atomic E-state index is 0.245. The molecule has 0 unspecified atom stereocenters. The Morgan fingerprint density at radius 2 is 1.73 bits per heavy atom. The first kappa shape index (κ1) is 15.8. The standard InChI is InChI=1S/C14H15N3O4S/c1-21-14(18)10-3-5-11(6-4-10)16-12-7-8-13(15-9-12)17-22(2,19)20/h3-9,16H,1-2H3,(H,15,17). The van der Waals surface area contributed by atoms with Crippen molar-refractivity contribution in [3.63, 3.8) is 0 Å². The Kier molecular flexibility index (Phi) is 4.62. The summed E-state index contributed by atoms with van der Waals surface area (Å²) in [6.45, 7) is 0. The molecule has 116 valence electrons. The van der Waals surface area contributed by atoms with Gasteiger partial charge in [0.05, 0.1) is 30.8 Å². The Morgan fingerprint density at radius 3 is 2.23 bits per heavy atom. The van der Waals surface area contributed by atoms with Crippen molar-refractivity contribution in [3.8, 4) is 0 Å². The van der Waals surface area contributed by atoms with Gasteiger partial charge in [0.1, 0.15) is 5.82 Å². The van der Waals surface area contributed by atoms with Crippen molar-refractivity contribution in [1.29, 1.82) is 0 Å². The highest BCUT2D eigenvalue weighted by Gasteiger charge is 2.05. The third-order valence-electron chi connectivity index (χ3n) is 2.65. The molecule has 2 N–H and O–H groups in total. The molecule has 1 aromatic heterocycles. The number of hydrogen-bond acceptors (Lipinski definition) is 6. The van der Waals surface area contributed by atoms with Crippen LogP contribution in [0.4, 0.5) is 17.2 Å². The molecule has 7 nitrogen and oxygen atoms in total. The number of aromatic nitrogens is 1. The predicted molar refractivity (Wildman–Crippen MR) is 83.8 cm³/mol. The van der Waals surface area contributed by atoms with Gasteiger partial charge >= 0.3 is 5.97 Å². The molecule has 8 heteroatoms. The van der Waals surface area contributed by atoms with Crippen LogP contribution in [-0.4, -0.2) is 32.7 Å². The molecule has 22 heavy (non-hydrogen) atoms. The molecular weight excluding hydrogens is 306 g/mol. The van der Waals surface area contributed by atoms with E-state index in [0.717, 1.165) is 11.9 Å². The Hall–Kier alpha value is -2.61. The molecule has 0 atom stereocenters. The van der Waals surface area contributed by atoms with Crippen molar-refractivity contribution in [2.45, 2.75) is 0 Å². The zero-order valence-electron chi connectivity index (χ0n) is 12.0. The number of methoxy groups -OCH3 is 1. The molecule has 0 saturated carbocycles. The summed E-state index contributed by atoms with van der Waals surface area (Å²) in [6.07, 6.45) is 2.56. The van der Waals surface area contributed by atoms with Crippen LogP contribution < -0.4 is 10.0 Å². The fourth-order valence-corrected chi connectivity index (χ4v) is 2.19. The van der Waals surface area contributed by atoms with E-state index in [0.29, 0.717) is 11.3 Å². The number of rotatable bonds is 5. The fraction of sp³-hybridized carbons (Fsp3) is 0.143. The average Bonchev–Trinajstić information content (AvgIpc) is 2.48. The van der Waals surface area contributed by atoms with Crippen LogP contribution in [0.3, 0.4) is 0 Å². The number of carbonyl (C=O) groups is 1. The van der Waals surface area contributed by atoms with Crippen molar-refractivity contribution in [1.82, 2.24) is 4.98 Å². The number of nitrogens with zero attached hydrogens (tertiary/aromatic N) is 1. The summed E-state index contributed by atoms with van der Waals surface area (Å²) in [4.78, 5) is 15.3. The van der Waals surface area contributed by atoms with E-state index in [4.69, 9.17) is 0 Å². The lowest BCUT2D eigenvalue weighted by Crippen LogP contribution is -2.10. The summed E-state index contributed by atoms with van der Waals surface area (Å²) in [5.41, 5.74) is 1.90. The largest absolute Gasteiger partial charge is 0.465 e. The summed E-state index contributed by atoms with van der Waals surface area (Å²) in [5, 5.41) is 3.09. The molecule has 1 heterocycles. The topological polar surface area (TPSA) is 97.4 Å².